The summed E-state index contributed by atoms with van der Waals surface area (Å²) < 4.78 is 45.5. The molecule has 0 fully saturated rings. The maximum atomic E-state index is 13.4. The summed E-state index contributed by atoms with van der Waals surface area (Å²) >= 11 is 0. The second kappa shape index (κ2) is 13.9. The number of alkyl halides is 3. The first kappa shape index (κ1) is 31.8. The zero-order chi connectivity index (χ0) is 31.1. The fourth-order valence-corrected chi connectivity index (χ4v) is 5.02. The van der Waals surface area contributed by atoms with Gasteiger partial charge < -0.3 is 25.4 Å². The lowest BCUT2D eigenvalue weighted by Crippen LogP contribution is -2.47. The minimum atomic E-state index is -4.39. The van der Waals surface area contributed by atoms with Crippen LogP contribution in [0.15, 0.2) is 72.8 Å². The maximum absolute atomic E-state index is 13.4. The Hall–Kier alpha value is -4.09. The van der Waals surface area contributed by atoms with Crippen molar-refractivity contribution in [3.63, 3.8) is 0 Å². The average molecular weight is 599 g/mol. The summed E-state index contributed by atoms with van der Waals surface area (Å²) in [6.07, 6.45) is -4.78. The predicted octanol–water partition coefficient (Wildman–Crippen LogP) is 5.63. The van der Waals surface area contributed by atoms with E-state index in [0.29, 0.717) is 42.3 Å². The minimum Gasteiger partial charge on any atom is -0.488 e. The predicted molar refractivity (Wildman–Crippen MR) is 159 cm³/mol. The number of benzene rings is 3. The number of para-hydroxylation sites is 1. The lowest BCUT2D eigenvalue weighted by Gasteiger charge is -2.34. The number of fused-ring (bicyclic) bond motifs is 1. The number of anilines is 2. The molecule has 1 aliphatic heterocycles. The summed E-state index contributed by atoms with van der Waals surface area (Å²) in [4.78, 5) is 29.6. The van der Waals surface area contributed by atoms with Gasteiger partial charge in [0.25, 0.3) is 0 Å². The number of amides is 3. The van der Waals surface area contributed by atoms with Crippen LogP contribution in [0.2, 0.25) is 0 Å². The van der Waals surface area contributed by atoms with Gasteiger partial charge >= 0.3 is 12.2 Å². The van der Waals surface area contributed by atoms with Crippen LogP contribution in [0.4, 0.5) is 29.3 Å². The molecular weight excluding hydrogens is 561 g/mol. The highest BCUT2D eigenvalue weighted by molar-refractivity contribution is 5.99. The van der Waals surface area contributed by atoms with E-state index < -0.39 is 29.9 Å². The molecule has 43 heavy (non-hydrogen) atoms. The Balaban J connectivity index is 1.54. The van der Waals surface area contributed by atoms with E-state index in [1.807, 2.05) is 37.1 Å². The molecule has 0 aromatic heterocycles. The van der Waals surface area contributed by atoms with E-state index in [1.165, 1.54) is 12.1 Å². The number of halogens is 3. The van der Waals surface area contributed by atoms with Crippen LogP contribution in [0.25, 0.3) is 0 Å². The van der Waals surface area contributed by atoms with E-state index in [2.05, 4.69) is 10.6 Å². The summed E-state index contributed by atoms with van der Waals surface area (Å²) in [7, 11) is 1.86. The number of carbonyl (C=O) groups is 2. The molecule has 11 heteroatoms. The van der Waals surface area contributed by atoms with Gasteiger partial charge in [-0.1, -0.05) is 37.3 Å². The number of ether oxygens (including phenoxy) is 1. The van der Waals surface area contributed by atoms with Crippen LogP contribution >= 0.6 is 0 Å². The van der Waals surface area contributed by atoms with E-state index in [0.717, 1.165) is 17.7 Å². The second-order valence-corrected chi connectivity index (χ2v) is 11.0. The molecule has 3 N–H and O–H groups in total. The molecule has 0 saturated heterocycles. The van der Waals surface area contributed by atoms with Gasteiger partial charge in [-0.3, -0.25) is 9.69 Å². The van der Waals surface area contributed by atoms with E-state index in [9.17, 15) is 27.9 Å². The molecule has 8 nitrogen and oxygen atoms in total. The number of aliphatic hydroxyl groups excluding tert-OH is 1. The smallest absolute Gasteiger partial charge is 0.416 e. The van der Waals surface area contributed by atoms with Crippen LogP contribution in [0.1, 0.15) is 30.5 Å². The van der Waals surface area contributed by atoms with Crippen LogP contribution in [0.5, 0.6) is 5.75 Å². The highest BCUT2D eigenvalue weighted by Gasteiger charge is 2.32. The molecule has 3 aromatic rings. The molecule has 0 aliphatic carbocycles. The molecule has 0 unspecified atom stereocenters. The van der Waals surface area contributed by atoms with Crippen molar-refractivity contribution in [3.8, 4) is 5.75 Å². The molecule has 0 spiro atoms. The van der Waals surface area contributed by atoms with Gasteiger partial charge in [0.2, 0.25) is 5.91 Å². The molecule has 1 aliphatic rings. The topological polar surface area (TPSA) is 94.1 Å². The maximum Gasteiger partial charge on any atom is 0.416 e. The largest absolute Gasteiger partial charge is 0.488 e. The minimum absolute atomic E-state index is 0.0102. The molecule has 0 radical (unpaired) electrons. The zero-order valence-electron chi connectivity index (χ0n) is 24.4. The first-order chi connectivity index (χ1) is 20.4. The van der Waals surface area contributed by atoms with Crippen molar-refractivity contribution in [2.75, 3.05) is 37.4 Å². The highest BCUT2D eigenvalue weighted by atomic mass is 19.4. The van der Waals surface area contributed by atoms with Gasteiger partial charge in [-0.15, -0.1) is 0 Å². The monoisotopic (exact) mass is 598 g/mol. The molecule has 0 bridgehead atoms. The third-order valence-electron chi connectivity index (χ3n) is 7.43. The quantitative estimate of drug-likeness (QED) is 0.313. The fraction of sp³-hybridized carbons (Fsp3) is 0.375. The Labute approximate surface area is 249 Å². The van der Waals surface area contributed by atoms with Gasteiger partial charge in [0.15, 0.2) is 0 Å². The fourth-order valence-electron chi connectivity index (χ4n) is 5.02. The number of carbonyl (C=O) groups excluding carboxylic acids is 2. The molecule has 3 atom stereocenters. The van der Waals surface area contributed by atoms with Gasteiger partial charge in [0, 0.05) is 42.5 Å². The van der Waals surface area contributed by atoms with E-state index in [4.69, 9.17) is 4.74 Å². The van der Waals surface area contributed by atoms with E-state index >= 15 is 0 Å². The number of rotatable bonds is 8. The van der Waals surface area contributed by atoms with Crippen LogP contribution in [0.3, 0.4) is 0 Å². The van der Waals surface area contributed by atoms with Gasteiger partial charge in [0.1, 0.15) is 11.9 Å². The number of aliphatic hydroxyl groups is 1. The highest BCUT2D eigenvalue weighted by Crippen LogP contribution is 2.31. The number of nitrogens with zero attached hydrogens (tertiary/aromatic N) is 2. The average Bonchev–Trinajstić information content (AvgIpc) is 3.00. The first-order valence-electron chi connectivity index (χ1n) is 14.1. The summed E-state index contributed by atoms with van der Waals surface area (Å²) in [6, 6.07) is 18.4. The van der Waals surface area contributed by atoms with Gasteiger partial charge in [-0.2, -0.15) is 13.2 Å². The molecule has 3 amide bonds. The SMILES string of the molecule is C[C@H]1CN([C@@H](C)CO)C(=O)Cc2cc(NC(=O)Nc3ccccc3)ccc2O[C@H]1CN(C)Cc1ccc(C(F)(F)F)cc1. The molecular formula is C32H37F3N4O4. The second-order valence-electron chi connectivity index (χ2n) is 11.0. The zero-order valence-corrected chi connectivity index (χ0v) is 24.4. The van der Waals surface area contributed by atoms with Crippen LogP contribution in [0, 0.1) is 5.92 Å². The standard InChI is InChI=1S/C32H37F3N4O4/c1-21-17-39(22(2)20-40)30(41)16-24-15-27(37-31(42)36-26-7-5-4-6-8-26)13-14-28(24)43-29(21)19-38(3)18-23-9-11-25(12-10-23)32(33,34)35/h4-15,21-22,29,40H,16-20H2,1-3H3,(H2,36,37,42)/t21-,22-,29-/m0/s1. The number of likely N-dealkylation sites (N-methyl/N-ethyl adjacent to an activating group) is 1. The molecule has 0 saturated carbocycles. The van der Waals surface area contributed by atoms with Crippen molar-refractivity contribution in [1.82, 2.24) is 9.80 Å². The Morgan fingerprint density at radius 2 is 1.74 bits per heavy atom. The van der Waals surface area contributed by atoms with Crippen molar-refractivity contribution < 1.29 is 32.6 Å². The first-order valence-corrected chi connectivity index (χ1v) is 14.1. The third kappa shape index (κ3) is 8.71. The summed E-state index contributed by atoms with van der Waals surface area (Å²) in [5.74, 6) is 0.178. The molecule has 230 valence electrons. The van der Waals surface area contributed by atoms with Crippen LogP contribution in [-0.4, -0.2) is 65.7 Å². The number of nitrogens with one attached hydrogen (secondary N) is 2. The van der Waals surface area contributed by atoms with Crippen molar-refractivity contribution in [3.05, 3.63) is 89.5 Å². The Morgan fingerprint density at radius 3 is 2.40 bits per heavy atom. The molecule has 3 aromatic carbocycles. The summed E-state index contributed by atoms with van der Waals surface area (Å²) in [6.45, 7) is 4.71. The normalized spacial score (nSPS) is 18.1. The van der Waals surface area contributed by atoms with Gasteiger partial charge in [-0.05, 0) is 62.0 Å². The van der Waals surface area contributed by atoms with Gasteiger partial charge in [-0.25, -0.2) is 4.79 Å². The van der Waals surface area contributed by atoms with E-state index in [-0.39, 0.29) is 24.9 Å². The van der Waals surface area contributed by atoms with E-state index in [1.54, 1.807) is 42.2 Å². The Morgan fingerprint density at radius 1 is 1.07 bits per heavy atom. The number of hydrogen-bond donors (Lipinski definition) is 3. The number of hydrogen-bond acceptors (Lipinski definition) is 5. The van der Waals surface area contributed by atoms with Crippen molar-refractivity contribution >= 4 is 23.3 Å². The summed E-state index contributed by atoms with van der Waals surface area (Å²) in [5.41, 5.74) is 1.72. The Kier molecular flexibility index (Phi) is 10.3. The van der Waals surface area contributed by atoms with Gasteiger partial charge in [0.05, 0.1) is 24.6 Å². The van der Waals surface area contributed by atoms with Crippen molar-refractivity contribution in [2.45, 2.75) is 45.1 Å². The molecule has 1 heterocycles. The molecule has 4 rings (SSSR count). The van der Waals surface area contributed by atoms with Crippen molar-refractivity contribution in [1.29, 1.82) is 0 Å². The van der Waals surface area contributed by atoms with Crippen LogP contribution in [-0.2, 0) is 23.9 Å². The lowest BCUT2D eigenvalue weighted by molar-refractivity contribution is -0.137. The third-order valence-corrected chi connectivity index (χ3v) is 7.43. The summed E-state index contributed by atoms with van der Waals surface area (Å²) in [5, 5.41) is 15.4. The number of urea groups is 1. The lowest BCUT2D eigenvalue weighted by atomic mass is 10.0. The van der Waals surface area contributed by atoms with Crippen molar-refractivity contribution in [2.24, 2.45) is 5.92 Å². The Bertz CT molecular complexity index is 1390. The van der Waals surface area contributed by atoms with Crippen LogP contribution < -0.4 is 15.4 Å².